The van der Waals surface area contributed by atoms with Gasteiger partial charge >= 0.3 is 0 Å². The lowest BCUT2D eigenvalue weighted by molar-refractivity contribution is 0.0943. The smallest absolute Gasteiger partial charge is 0.271 e. The molecule has 2 heterocycles. The minimum absolute atomic E-state index is 0.0885. The Labute approximate surface area is 131 Å². The van der Waals surface area contributed by atoms with E-state index in [1.807, 2.05) is 7.05 Å². The van der Waals surface area contributed by atoms with E-state index in [4.69, 9.17) is 0 Å². The van der Waals surface area contributed by atoms with Gasteiger partial charge in [0.2, 0.25) is 0 Å². The van der Waals surface area contributed by atoms with Crippen LogP contribution < -0.4 is 10.2 Å². The van der Waals surface area contributed by atoms with E-state index < -0.39 is 0 Å². The summed E-state index contributed by atoms with van der Waals surface area (Å²) in [6, 6.07) is 8.63. The number of imidazole rings is 1. The number of nitrogens with one attached hydrogen (secondary N) is 1. The number of hydrogen-bond donors (Lipinski definition) is 1. The van der Waals surface area contributed by atoms with Crippen molar-refractivity contribution in [2.24, 2.45) is 13.0 Å². The number of anilines is 1. The van der Waals surface area contributed by atoms with Crippen molar-refractivity contribution in [3.63, 3.8) is 0 Å². The molecule has 1 aromatic carbocycles. The molecule has 2 aromatic rings. The van der Waals surface area contributed by atoms with E-state index >= 15 is 0 Å². The molecular formula is C17H22N4O. The molecule has 1 saturated heterocycles. The van der Waals surface area contributed by atoms with Crippen LogP contribution in [0.25, 0.3) is 0 Å². The van der Waals surface area contributed by atoms with Crippen molar-refractivity contribution in [1.29, 1.82) is 0 Å². The quantitative estimate of drug-likeness (QED) is 0.939. The van der Waals surface area contributed by atoms with Gasteiger partial charge in [0.1, 0.15) is 5.69 Å². The van der Waals surface area contributed by atoms with E-state index in [2.05, 4.69) is 46.4 Å². The average molecular weight is 298 g/mol. The van der Waals surface area contributed by atoms with Gasteiger partial charge in [-0.05, 0) is 31.4 Å². The second kappa shape index (κ2) is 6.22. The zero-order valence-corrected chi connectivity index (χ0v) is 13.1. The Morgan fingerprint density at radius 3 is 2.82 bits per heavy atom. The molecule has 5 heteroatoms. The fourth-order valence-electron chi connectivity index (χ4n) is 2.85. The normalized spacial score (nSPS) is 17.7. The van der Waals surface area contributed by atoms with Gasteiger partial charge in [0, 0.05) is 38.6 Å². The zero-order chi connectivity index (χ0) is 15.5. The van der Waals surface area contributed by atoms with Gasteiger partial charge in [-0.3, -0.25) is 4.79 Å². The third-order valence-corrected chi connectivity index (χ3v) is 4.17. The van der Waals surface area contributed by atoms with E-state index in [9.17, 15) is 4.79 Å². The first kappa shape index (κ1) is 14.6. The molecule has 5 nitrogen and oxygen atoms in total. The summed E-state index contributed by atoms with van der Waals surface area (Å²) in [6.45, 7) is 4.85. The first-order chi connectivity index (χ1) is 10.6. The monoisotopic (exact) mass is 298 g/mol. The summed E-state index contributed by atoms with van der Waals surface area (Å²) < 4.78 is 1.78. The van der Waals surface area contributed by atoms with E-state index in [1.54, 1.807) is 17.1 Å². The van der Waals surface area contributed by atoms with Crippen molar-refractivity contribution >= 4 is 11.6 Å². The number of hydrogen-bond acceptors (Lipinski definition) is 3. The molecular weight excluding hydrogens is 276 g/mol. The Kier molecular flexibility index (Phi) is 4.13. The van der Waals surface area contributed by atoms with Crippen LogP contribution in [-0.4, -0.2) is 35.1 Å². The first-order valence-electron chi connectivity index (χ1n) is 7.69. The minimum Gasteiger partial charge on any atom is -0.371 e. The van der Waals surface area contributed by atoms with Crippen LogP contribution in [0.3, 0.4) is 0 Å². The van der Waals surface area contributed by atoms with Crippen molar-refractivity contribution in [3.8, 4) is 0 Å². The molecule has 1 N–H and O–H groups in total. The summed E-state index contributed by atoms with van der Waals surface area (Å²) in [7, 11) is 1.86. The SMILES string of the molecule is Cc1ccc(N2CC[C@@H](CNC(=O)c3cn(C)cn3)C2)cc1. The number of carbonyl (C=O) groups excluding carboxylic acids is 1. The van der Waals surface area contributed by atoms with Crippen molar-refractivity contribution in [3.05, 3.63) is 48.0 Å². The molecule has 1 aliphatic heterocycles. The summed E-state index contributed by atoms with van der Waals surface area (Å²) in [5.74, 6) is 0.406. The number of carbonyl (C=O) groups is 1. The Morgan fingerprint density at radius 1 is 1.36 bits per heavy atom. The van der Waals surface area contributed by atoms with Crippen LogP contribution >= 0.6 is 0 Å². The van der Waals surface area contributed by atoms with Crippen LogP contribution in [0.1, 0.15) is 22.5 Å². The van der Waals surface area contributed by atoms with E-state index in [-0.39, 0.29) is 5.91 Å². The molecule has 0 unspecified atom stereocenters. The average Bonchev–Trinajstić information content (AvgIpc) is 3.15. The maximum absolute atomic E-state index is 12.0. The molecule has 1 fully saturated rings. The molecule has 3 rings (SSSR count). The molecule has 22 heavy (non-hydrogen) atoms. The maximum Gasteiger partial charge on any atom is 0.271 e. The fourth-order valence-corrected chi connectivity index (χ4v) is 2.85. The van der Waals surface area contributed by atoms with Gasteiger partial charge in [0.15, 0.2) is 0 Å². The Bertz CT molecular complexity index is 647. The first-order valence-corrected chi connectivity index (χ1v) is 7.69. The molecule has 0 bridgehead atoms. The molecule has 116 valence electrons. The van der Waals surface area contributed by atoms with Crippen LogP contribution in [0.15, 0.2) is 36.8 Å². The van der Waals surface area contributed by atoms with Gasteiger partial charge in [-0.2, -0.15) is 0 Å². The molecule has 1 amide bonds. The predicted octanol–water partition coefficient (Wildman–Crippen LogP) is 1.98. The topological polar surface area (TPSA) is 50.2 Å². The second-order valence-corrected chi connectivity index (χ2v) is 6.07. The third-order valence-electron chi connectivity index (χ3n) is 4.17. The van der Waals surface area contributed by atoms with Crippen molar-refractivity contribution in [1.82, 2.24) is 14.9 Å². The molecule has 0 radical (unpaired) electrons. The Hall–Kier alpha value is -2.30. The summed E-state index contributed by atoms with van der Waals surface area (Å²) in [4.78, 5) is 18.5. The second-order valence-electron chi connectivity index (χ2n) is 6.07. The molecule has 0 saturated carbocycles. The van der Waals surface area contributed by atoms with E-state index in [0.717, 1.165) is 19.5 Å². The summed E-state index contributed by atoms with van der Waals surface area (Å²) in [5, 5.41) is 2.99. The largest absolute Gasteiger partial charge is 0.371 e. The van der Waals surface area contributed by atoms with Crippen LogP contribution in [0.2, 0.25) is 0 Å². The van der Waals surface area contributed by atoms with Gasteiger partial charge in [0.05, 0.1) is 6.33 Å². The lowest BCUT2D eigenvalue weighted by Gasteiger charge is -2.19. The molecule has 1 aliphatic rings. The highest BCUT2D eigenvalue weighted by molar-refractivity contribution is 5.92. The number of nitrogens with zero attached hydrogens (tertiary/aromatic N) is 3. The van der Waals surface area contributed by atoms with Gasteiger partial charge in [-0.1, -0.05) is 17.7 Å². The van der Waals surface area contributed by atoms with Crippen LogP contribution in [0, 0.1) is 12.8 Å². The molecule has 0 aliphatic carbocycles. The minimum atomic E-state index is -0.0885. The zero-order valence-electron chi connectivity index (χ0n) is 13.1. The van der Waals surface area contributed by atoms with Crippen molar-refractivity contribution in [2.75, 3.05) is 24.5 Å². The summed E-state index contributed by atoms with van der Waals surface area (Å²) in [6.07, 6.45) is 4.49. The lowest BCUT2D eigenvalue weighted by Crippen LogP contribution is -2.31. The molecule has 1 aromatic heterocycles. The summed E-state index contributed by atoms with van der Waals surface area (Å²) in [5.41, 5.74) is 3.03. The number of amides is 1. The van der Waals surface area contributed by atoms with Gasteiger partial charge in [-0.15, -0.1) is 0 Å². The number of aryl methyl sites for hydroxylation is 2. The molecule has 0 spiro atoms. The standard InChI is InChI=1S/C17H22N4O/c1-13-3-5-15(6-4-13)21-8-7-14(10-21)9-18-17(22)16-11-20(2)12-19-16/h3-6,11-12,14H,7-10H2,1-2H3,(H,18,22)/t14-/m0/s1. The Balaban J connectivity index is 1.51. The predicted molar refractivity (Wildman–Crippen MR) is 87.0 cm³/mol. The van der Waals surface area contributed by atoms with Crippen molar-refractivity contribution in [2.45, 2.75) is 13.3 Å². The summed E-state index contributed by atoms with van der Waals surface area (Å²) >= 11 is 0. The lowest BCUT2D eigenvalue weighted by atomic mass is 10.1. The maximum atomic E-state index is 12.0. The highest BCUT2D eigenvalue weighted by Gasteiger charge is 2.23. The van der Waals surface area contributed by atoms with Crippen LogP contribution in [0.4, 0.5) is 5.69 Å². The van der Waals surface area contributed by atoms with Gasteiger partial charge in [0.25, 0.3) is 5.91 Å². The number of aromatic nitrogens is 2. The highest BCUT2D eigenvalue weighted by Crippen LogP contribution is 2.23. The number of benzene rings is 1. The third kappa shape index (κ3) is 3.30. The highest BCUT2D eigenvalue weighted by atomic mass is 16.1. The van der Waals surface area contributed by atoms with E-state index in [1.165, 1.54) is 11.3 Å². The number of rotatable bonds is 4. The van der Waals surface area contributed by atoms with Gasteiger partial charge in [-0.25, -0.2) is 4.98 Å². The van der Waals surface area contributed by atoms with Crippen LogP contribution in [0.5, 0.6) is 0 Å². The van der Waals surface area contributed by atoms with Crippen LogP contribution in [-0.2, 0) is 7.05 Å². The van der Waals surface area contributed by atoms with Gasteiger partial charge < -0.3 is 14.8 Å². The van der Waals surface area contributed by atoms with E-state index in [0.29, 0.717) is 18.2 Å². The molecule has 1 atom stereocenters. The Morgan fingerprint density at radius 2 is 2.14 bits per heavy atom. The van der Waals surface area contributed by atoms with Crippen molar-refractivity contribution < 1.29 is 4.79 Å². The fraction of sp³-hybridized carbons (Fsp3) is 0.412.